The van der Waals surface area contributed by atoms with Gasteiger partial charge < -0.3 is 11.1 Å². The Kier molecular flexibility index (Phi) is 3.47. The van der Waals surface area contributed by atoms with Crippen molar-refractivity contribution in [3.05, 3.63) is 11.8 Å². The van der Waals surface area contributed by atoms with Crippen LogP contribution in [0.4, 0.5) is 5.82 Å². The fourth-order valence-electron chi connectivity index (χ4n) is 1.10. The van der Waals surface area contributed by atoms with Gasteiger partial charge in [0.1, 0.15) is 5.82 Å². The lowest BCUT2D eigenvalue weighted by Gasteiger charge is -2.21. The van der Waals surface area contributed by atoms with E-state index in [1.807, 2.05) is 13.8 Å². The molecule has 0 bridgehead atoms. The van der Waals surface area contributed by atoms with E-state index in [0.717, 1.165) is 12.0 Å². The second-order valence-corrected chi connectivity index (χ2v) is 3.85. The van der Waals surface area contributed by atoms with E-state index in [1.165, 1.54) is 0 Å². The minimum atomic E-state index is -0.837. The summed E-state index contributed by atoms with van der Waals surface area (Å²) in [6.07, 6.45) is 3.11. The largest absolute Gasteiger partial charge is 0.318 e. The van der Waals surface area contributed by atoms with Gasteiger partial charge in [0.05, 0.1) is 11.7 Å². The predicted molar refractivity (Wildman–Crippen MR) is 59.5 cm³/mol. The molecule has 0 fully saturated rings. The van der Waals surface area contributed by atoms with Crippen LogP contribution in [0.3, 0.4) is 0 Å². The van der Waals surface area contributed by atoms with Crippen molar-refractivity contribution < 1.29 is 4.79 Å². The first kappa shape index (κ1) is 11.7. The summed E-state index contributed by atoms with van der Waals surface area (Å²) in [7, 11) is 0. The van der Waals surface area contributed by atoms with Gasteiger partial charge in [0.2, 0.25) is 5.91 Å². The van der Waals surface area contributed by atoms with Crippen LogP contribution in [0.15, 0.2) is 6.20 Å². The van der Waals surface area contributed by atoms with Gasteiger partial charge in [-0.25, -0.2) is 0 Å². The molecule has 0 radical (unpaired) electrons. The van der Waals surface area contributed by atoms with Crippen molar-refractivity contribution in [1.82, 2.24) is 10.2 Å². The van der Waals surface area contributed by atoms with Gasteiger partial charge in [-0.05, 0) is 19.8 Å². The van der Waals surface area contributed by atoms with E-state index < -0.39 is 5.54 Å². The van der Waals surface area contributed by atoms with Gasteiger partial charge in [-0.1, -0.05) is 13.8 Å². The maximum Gasteiger partial charge on any atom is 0.245 e. The second kappa shape index (κ2) is 4.44. The first-order valence-corrected chi connectivity index (χ1v) is 5.13. The highest BCUT2D eigenvalue weighted by Gasteiger charge is 2.26. The summed E-state index contributed by atoms with van der Waals surface area (Å²) in [6, 6.07) is 0. The molecule has 0 aromatic carbocycles. The number of hydrogen-bond donors (Lipinski definition) is 3. The van der Waals surface area contributed by atoms with Crippen molar-refractivity contribution >= 4 is 11.7 Å². The van der Waals surface area contributed by atoms with Crippen LogP contribution >= 0.6 is 0 Å². The highest BCUT2D eigenvalue weighted by Crippen LogP contribution is 2.14. The van der Waals surface area contributed by atoms with Gasteiger partial charge >= 0.3 is 0 Å². The minimum absolute atomic E-state index is 0.191. The van der Waals surface area contributed by atoms with Crippen LogP contribution < -0.4 is 11.1 Å². The summed E-state index contributed by atoms with van der Waals surface area (Å²) in [5, 5.41) is 9.37. The standard InChI is InChI=1S/C10H18N4O/c1-4-7-6-12-14-8(7)13-9(15)10(3,11)5-2/h6H,4-5,11H2,1-3H3,(H2,12,13,14,15). The third kappa shape index (κ3) is 2.56. The fraction of sp³-hybridized carbons (Fsp3) is 0.600. The predicted octanol–water partition coefficient (Wildman–Crippen LogP) is 1.04. The molecule has 84 valence electrons. The van der Waals surface area contributed by atoms with Gasteiger partial charge in [-0.15, -0.1) is 0 Å². The van der Waals surface area contributed by atoms with Crippen LogP contribution in [0, 0.1) is 0 Å². The molecular formula is C10H18N4O. The van der Waals surface area contributed by atoms with Gasteiger partial charge in [-0.3, -0.25) is 9.89 Å². The number of nitrogens with zero attached hydrogens (tertiary/aromatic N) is 1. The van der Waals surface area contributed by atoms with Gasteiger partial charge in [-0.2, -0.15) is 5.10 Å². The number of amides is 1. The Hall–Kier alpha value is -1.36. The Morgan fingerprint density at radius 2 is 2.33 bits per heavy atom. The first-order chi connectivity index (χ1) is 7.01. The summed E-state index contributed by atoms with van der Waals surface area (Å²) in [5.41, 5.74) is 5.97. The lowest BCUT2D eigenvalue weighted by atomic mass is 9.99. The Morgan fingerprint density at radius 1 is 1.67 bits per heavy atom. The number of aromatic nitrogens is 2. The van der Waals surface area contributed by atoms with Crippen LogP contribution in [0.25, 0.3) is 0 Å². The molecule has 1 unspecified atom stereocenters. The molecule has 1 atom stereocenters. The average Bonchev–Trinajstić information content (AvgIpc) is 2.65. The smallest absolute Gasteiger partial charge is 0.245 e. The number of anilines is 1. The van der Waals surface area contributed by atoms with Crippen LogP contribution in [0.5, 0.6) is 0 Å². The van der Waals surface area contributed by atoms with Crippen molar-refractivity contribution in [3.8, 4) is 0 Å². The molecule has 0 saturated heterocycles. The molecule has 15 heavy (non-hydrogen) atoms. The van der Waals surface area contributed by atoms with E-state index in [0.29, 0.717) is 12.2 Å². The SMILES string of the molecule is CCc1cn[nH]c1NC(=O)C(C)(N)CC. The molecule has 4 N–H and O–H groups in total. The third-order valence-electron chi connectivity index (χ3n) is 2.59. The fourth-order valence-corrected chi connectivity index (χ4v) is 1.10. The number of aryl methyl sites for hydroxylation is 1. The van der Waals surface area contributed by atoms with E-state index in [4.69, 9.17) is 5.73 Å². The minimum Gasteiger partial charge on any atom is -0.318 e. The summed E-state index contributed by atoms with van der Waals surface area (Å²) < 4.78 is 0. The molecule has 1 aromatic rings. The molecule has 0 aliphatic rings. The van der Waals surface area contributed by atoms with Crippen LogP contribution in [0.1, 0.15) is 32.8 Å². The summed E-state index contributed by atoms with van der Waals surface area (Å²) >= 11 is 0. The summed E-state index contributed by atoms with van der Waals surface area (Å²) in [6.45, 7) is 5.60. The number of rotatable bonds is 4. The van der Waals surface area contributed by atoms with Crippen molar-refractivity contribution in [2.45, 2.75) is 39.2 Å². The Bertz CT molecular complexity index is 343. The van der Waals surface area contributed by atoms with E-state index in [2.05, 4.69) is 15.5 Å². The number of nitrogens with one attached hydrogen (secondary N) is 2. The monoisotopic (exact) mass is 210 g/mol. The van der Waals surface area contributed by atoms with Crippen molar-refractivity contribution in [2.75, 3.05) is 5.32 Å². The van der Waals surface area contributed by atoms with Crippen molar-refractivity contribution in [3.63, 3.8) is 0 Å². The Labute approximate surface area is 89.4 Å². The molecule has 1 rings (SSSR count). The maximum atomic E-state index is 11.7. The molecule has 0 aliphatic heterocycles. The molecule has 1 aromatic heterocycles. The zero-order chi connectivity index (χ0) is 11.5. The Balaban J connectivity index is 2.74. The highest BCUT2D eigenvalue weighted by molar-refractivity contribution is 5.97. The molecule has 0 spiro atoms. The number of carbonyl (C=O) groups excluding carboxylic acids is 1. The van der Waals surface area contributed by atoms with Gasteiger partial charge in [0, 0.05) is 5.56 Å². The lowest BCUT2D eigenvalue weighted by Crippen LogP contribution is -2.48. The van der Waals surface area contributed by atoms with Crippen LogP contribution in [-0.4, -0.2) is 21.6 Å². The molecule has 1 amide bonds. The Morgan fingerprint density at radius 3 is 2.87 bits per heavy atom. The normalized spacial score (nSPS) is 14.7. The summed E-state index contributed by atoms with van der Waals surface area (Å²) in [4.78, 5) is 11.7. The third-order valence-corrected chi connectivity index (χ3v) is 2.59. The van der Waals surface area contributed by atoms with Crippen molar-refractivity contribution in [2.24, 2.45) is 5.73 Å². The number of H-pyrrole nitrogens is 1. The molecule has 5 heteroatoms. The number of aromatic amines is 1. The topological polar surface area (TPSA) is 83.8 Å². The maximum absolute atomic E-state index is 11.7. The molecular weight excluding hydrogens is 192 g/mol. The number of hydrogen-bond acceptors (Lipinski definition) is 3. The lowest BCUT2D eigenvalue weighted by molar-refractivity contribution is -0.120. The quantitative estimate of drug-likeness (QED) is 0.694. The average molecular weight is 210 g/mol. The van der Waals surface area contributed by atoms with Crippen LogP contribution in [-0.2, 0) is 11.2 Å². The van der Waals surface area contributed by atoms with E-state index in [9.17, 15) is 4.79 Å². The zero-order valence-corrected chi connectivity index (χ0v) is 9.42. The molecule has 1 heterocycles. The molecule has 5 nitrogen and oxygen atoms in total. The first-order valence-electron chi connectivity index (χ1n) is 5.13. The summed E-state index contributed by atoms with van der Waals surface area (Å²) in [5.74, 6) is 0.455. The van der Waals surface area contributed by atoms with Gasteiger partial charge in [0.15, 0.2) is 0 Å². The van der Waals surface area contributed by atoms with E-state index in [-0.39, 0.29) is 5.91 Å². The zero-order valence-electron chi connectivity index (χ0n) is 9.42. The molecule has 0 aliphatic carbocycles. The van der Waals surface area contributed by atoms with Crippen LogP contribution in [0.2, 0.25) is 0 Å². The second-order valence-electron chi connectivity index (χ2n) is 3.85. The van der Waals surface area contributed by atoms with Gasteiger partial charge in [0.25, 0.3) is 0 Å². The van der Waals surface area contributed by atoms with E-state index in [1.54, 1.807) is 13.1 Å². The number of nitrogens with two attached hydrogens (primary N) is 1. The highest BCUT2D eigenvalue weighted by atomic mass is 16.2. The van der Waals surface area contributed by atoms with E-state index >= 15 is 0 Å². The number of carbonyl (C=O) groups is 1. The molecule has 0 saturated carbocycles. The van der Waals surface area contributed by atoms with Crippen molar-refractivity contribution in [1.29, 1.82) is 0 Å².